The molecule has 1 heteroatoms. The van der Waals surface area contributed by atoms with E-state index < -0.39 is 0 Å². The Labute approximate surface area is 86.1 Å². The van der Waals surface area contributed by atoms with E-state index in [0.29, 0.717) is 0 Å². The van der Waals surface area contributed by atoms with Crippen LogP contribution in [0.15, 0.2) is 34.4 Å². The molecule has 0 saturated heterocycles. The number of rotatable bonds is 0. The fourth-order valence-electron chi connectivity index (χ4n) is 1.56. The lowest BCUT2D eigenvalue weighted by Gasteiger charge is -1.99. The standard InChI is InChI=1S/C11H9I/c1-8-6-9(7-12)11-5-3-2-4-10(8)11/h2-7H,1H3/b9-7+. The third kappa shape index (κ3) is 1.12. The number of benzene rings is 1. The number of hydrogen-bond donors (Lipinski definition) is 0. The average molecular weight is 268 g/mol. The lowest BCUT2D eigenvalue weighted by Crippen LogP contribution is -1.79. The Bertz CT molecular complexity index is 372. The van der Waals surface area contributed by atoms with Gasteiger partial charge in [0.1, 0.15) is 0 Å². The maximum atomic E-state index is 2.29. The number of fused-ring (bicyclic) bond motifs is 1. The number of allylic oxidation sites excluding steroid dienone is 3. The topological polar surface area (TPSA) is 0 Å². The molecule has 0 aromatic heterocycles. The minimum Gasteiger partial charge on any atom is -0.0616 e. The highest BCUT2D eigenvalue weighted by Crippen LogP contribution is 2.34. The zero-order valence-corrected chi connectivity index (χ0v) is 9.00. The van der Waals surface area contributed by atoms with E-state index >= 15 is 0 Å². The van der Waals surface area contributed by atoms with Gasteiger partial charge in [-0.25, -0.2) is 0 Å². The van der Waals surface area contributed by atoms with Crippen LogP contribution in [0.3, 0.4) is 0 Å². The summed E-state index contributed by atoms with van der Waals surface area (Å²) in [6.07, 6.45) is 2.23. The van der Waals surface area contributed by atoms with Gasteiger partial charge < -0.3 is 0 Å². The third-order valence-electron chi connectivity index (χ3n) is 2.15. The Morgan fingerprint density at radius 1 is 1.17 bits per heavy atom. The molecule has 0 atom stereocenters. The first-order valence-corrected chi connectivity index (χ1v) is 5.16. The number of hydrogen-bond acceptors (Lipinski definition) is 0. The van der Waals surface area contributed by atoms with E-state index in [-0.39, 0.29) is 0 Å². The second-order valence-electron chi connectivity index (χ2n) is 2.94. The van der Waals surface area contributed by atoms with Gasteiger partial charge in [-0.2, -0.15) is 0 Å². The summed E-state index contributed by atoms with van der Waals surface area (Å²) in [5.41, 5.74) is 5.45. The van der Waals surface area contributed by atoms with Gasteiger partial charge in [-0.05, 0) is 33.3 Å². The van der Waals surface area contributed by atoms with E-state index in [0.717, 1.165) is 0 Å². The van der Waals surface area contributed by atoms with Crippen LogP contribution in [0.1, 0.15) is 18.1 Å². The minimum atomic E-state index is 1.34. The van der Waals surface area contributed by atoms with Crippen molar-refractivity contribution in [1.29, 1.82) is 0 Å². The summed E-state index contributed by atoms with van der Waals surface area (Å²) in [6, 6.07) is 8.53. The molecule has 0 fully saturated rings. The van der Waals surface area contributed by atoms with Gasteiger partial charge in [-0.15, -0.1) is 0 Å². The quantitative estimate of drug-likeness (QED) is 0.626. The molecule has 0 radical (unpaired) electrons. The lowest BCUT2D eigenvalue weighted by molar-refractivity contribution is 1.57. The lowest BCUT2D eigenvalue weighted by atomic mass is 10.1. The molecule has 12 heavy (non-hydrogen) atoms. The molecule has 0 amide bonds. The molecule has 0 aliphatic heterocycles. The van der Waals surface area contributed by atoms with Gasteiger partial charge in [0.25, 0.3) is 0 Å². The molecule has 0 heterocycles. The summed E-state index contributed by atoms with van der Waals surface area (Å²) in [7, 11) is 0. The van der Waals surface area contributed by atoms with E-state index in [9.17, 15) is 0 Å². The van der Waals surface area contributed by atoms with Gasteiger partial charge in [-0.3, -0.25) is 0 Å². The van der Waals surface area contributed by atoms with Crippen LogP contribution in [-0.4, -0.2) is 0 Å². The zero-order valence-electron chi connectivity index (χ0n) is 6.84. The van der Waals surface area contributed by atoms with Crippen molar-refractivity contribution in [3.05, 3.63) is 45.6 Å². The fourth-order valence-corrected chi connectivity index (χ4v) is 2.07. The zero-order chi connectivity index (χ0) is 8.55. The average Bonchev–Trinajstić information content (AvgIpc) is 2.44. The first-order valence-electron chi connectivity index (χ1n) is 3.91. The van der Waals surface area contributed by atoms with Crippen molar-refractivity contribution in [2.75, 3.05) is 0 Å². The monoisotopic (exact) mass is 268 g/mol. The van der Waals surface area contributed by atoms with Crippen molar-refractivity contribution < 1.29 is 0 Å². The summed E-state index contributed by atoms with van der Waals surface area (Å²) in [6.45, 7) is 2.16. The maximum absolute atomic E-state index is 2.29. The van der Waals surface area contributed by atoms with Crippen LogP contribution in [-0.2, 0) is 0 Å². The highest BCUT2D eigenvalue weighted by atomic mass is 127. The first-order chi connectivity index (χ1) is 5.83. The maximum Gasteiger partial charge on any atom is -0.0104 e. The second-order valence-corrected chi connectivity index (χ2v) is 3.56. The highest BCUT2D eigenvalue weighted by Gasteiger charge is 2.12. The summed E-state index contributed by atoms with van der Waals surface area (Å²) in [5.74, 6) is 0. The molecule has 0 saturated carbocycles. The first kappa shape index (κ1) is 8.05. The Morgan fingerprint density at radius 3 is 2.50 bits per heavy atom. The molecule has 0 spiro atoms. The van der Waals surface area contributed by atoms with Crippen LogP contribution in [0.25, 0.3) is 11.1 Å². The van der Waals surface area contributed by atoms with Crippen molar-refractivity contribution in [3.63, 3.8) is 0 Å². The third-order valence-corrected chi connectivity index (χ3v) is 2.82. The van der Waals surface area contributed by atoms with Crippen LogP contribution < -0.4 is 0 Å². The van der Waals surface area contributed by atoms with E-state index in [4.69, 9.17) is 0 Å². The van der Waals surface area contributed by atoms with Gasteiger partial charge in [0.05, 0.1) is 0 Å². The molecule has 60 valence electrons. The Hall–Kier alpha value is -0.570. The predicted molar refractivity (Wildman–Crippen MR) is 62.1 cm³/mol. The van der Waals surface area contributed by atoms with Crippen LogP contribution in [0, 0.1) is 0 Å². The van der Waals surface area contributed by atoms with Crippen LogP contribution in [0.5, 0.6) is 0 Å². The minimum absolute atomic E-state index is 1.34. The van der Waals surface area contributed by atoms with Crippen molar-refractivity contribution in [2.24, 2.45) is 0 Å². The van der Waals surface area contributed by atoms with E-state index in [1.807, 2.05) is 0 Å². The molecule has 1 aromatic carbocycles. The fraction of sp³-hybridized carbons (Fsp3) is 0.0909. The summed E-state index contributed by atoms with van der Waals surface area (Å²) in [4.78, 5) is 0. The normalized spacial score (nSPS) is 17.8. The molecule has 0 nitrogen and oxygen atoms in total. The van der Waals surface area contributed by atoms with Crippen molar-refractivity contribution in [2.45, 2.75) is 6.92 Å². The van der Waals surface area contributed by atoms with Gasteiger partial charge in [-0.1, -0.05) is 52.9 Å². The summed E-state index contributed by atoms with van der Waals surface area (Å²) >= 11 is 2.29. The van der Waals surface area contributed by atoms with Crippen molar-refractivity contribution >= 4 is 33.7 Å². The Balaban J connectivity index is 2.67. The van der Waals surface area contributed by atoms with Crippen molar-refractivity contribution in [1.82, 2.24) is 0 Å². The number of halogens is 1. The van der Waals surface area contributed by atoms with Crippen LogP contribution in [0.2, 0.25) is 0 Å². The Morgan fingerprint density at radius 2 is 1.83 bits per heavy atom. The highest BCUT2D eigenvalue weighted by molar-refractivity contribution is 14.1. The molecule has 0 unspecified atom stereocenters. The molecule has 0 N–H and O–H groups in total. The van der Waals surface area contributed by atoms with E-state index in [1.165, 1.54) is 22.3 Å². The van der Waals surface area contributed by atoms with Gasteiger partial charge in [0, 0.05) is 0 Å². The van der Waals surface area contributed by atoms with Gasteiger partial charge >= 0.3 is 0 Å². The molecule has 2 rings (SSSR count). The molecular weight excluding hydrogens is 259 g/mol. The smallest absolute Gasteiger partial charge is 0.0104 e. The Kier molecular flexibility index (Phi) is 2.05. The van der Waals surface area contributed by atoms with E-state index in [1.54, 1.807) is 0 Å². The molecule has 0 bridgehead atoms. The molecule has 1 aromatic rings. The van der Waals surface area contributed by atoms with Crippen molar-refractivity contribution in [3.8, 4) is 0 Å². The molecule has 1 aliphatic carbocycles. The predicted octanol–water partition coefficient (Wildman–Crippen LogP) is 3.88. The van der Waals surface area contributed by atoms with E-state index in [2.05, 4.69) is 63.9 Å². The van der Waals surface area contributed by atoms with Gasteiger partial charge in [0.2, 0.25) is 0 Å². The van der Waals surface area contributed by atoms with Crippen LogP contribution >= 0.6 is 22.6 Å². The summed E-state index contributed by atoms with van der Waals surface area (Å²) < 4.78 is 2.13. The summed E-state index contributed by atoms with van der Waals surface area (Å²) in [5, 5.41) is 0. The second kappa shape index (κ2) is 3.05. The molecule has 1 aliphatic rings. The largest absolute Gasteiger partial charge is 0.0616 e. The van der Waals surface area contributed by atoms with Gasteiger partial charge in [0.15, 0.2) is 0 Å². The van der Waals surface area contributed by atoms with Crippen LogP contribution in [0.4, 0.5) is 0 Å². The SMILES string of the molecule is CC1=C/C(=C\I)c2ccccc21. The molecular formula is C11H9I.